The number of nitrogens with zero attached hydrogens (tertiary/aromatic N) is 1. The summed E-state index contributed by atoms with van der Waals surface area (Å²) in [5, 5.41) is 8.65. The molecule has 0 aliphatic heterocycles. The average molecular weight is 217 g/mol. The molecular formula is C10H6F2LiNO2. The van der Waals surface area contributed by atoms with Gasteiger partial charge in [-0.15, -0.1) is 0 Å². The summed E-state index contributed by atoms with van der Waals surface area (Å²) in [5.74, 6) is -2.76. The third-order valence-corrected chi connectivity index (χ3v) is 1.96. The van der Waals surface area contributed by atoms with E-state index in [0.717, 1.165) is 18.3 Å². The smallest absolute Gasteiger partial charge is 1.00 e. The van der Waals surface area contributed by atoms with Gasteiger partial charge in [-0.3, -0.25) is 4.98 Å². The molecule has 1 N–H and O–H groups in total. The minimum absolute atomic E-state index is 0. The monoisotopic (exact) mass is 217 g/mol. The number of hydrogen-bond donors (Lipinski definition) is 1. The summed E-state index contributed by atoms with van der Waals surface area (Å²) < 4.78 is 26.0. The van der Waals surface area contributed by atoms with Crippen molar-refractivity contribution >= 4 is 16.9 Å². The molecule has 0 radical (unpaired) electrons. The van der Waals surface area contributed by atoms with Gasteiger partial charge in [0, 0.05) is 23.7 Å². The van der Waals surface area contributed by atoms with Crippen molar-refractivity contribution in [2.75, 3.05) is 0 Å². The fourth-order valence-corrected chi connectivity index (χ4v) is 1.27. The first kappa shape index (κ1) is 12.6. The Hall–Kier alpha value is -1.44. The molecule has 78 valence electrons. The molecular weight excluding hydrogens is 211 g/mol. The van der Waals surface area contributed by atoms with Crippen LogP contribution in [-0.2, 0) is 0 Å². The molecule has 0 atom stereocenters. The molecule has 0 spiro atoms. The predicted molar refractivity (Wildman–Crippen MR) is 49.7 cm³/mol. The molecule has 1 aromatic carbocycles. The van der Waals surface area contributed by atoms with E-state index in [1.54, 1.807) is 0 Å². The Labute approximate surface area is 103 Å². The van der Waals surface area contributed by atoms with Crippen molar-refractivity contribution in [1.82, 2.24) is 4.98 Å². The van der Waals surface area contributed by atoms with Crippen LogP contribution >= 0.6 is 0 Å². The van der Waals surface area contributed by atoms with Crippen molar-refractivity contribution in [3.63, 3.8) is 0 Å². The summed E-state index contributed by atoms with van der Waals surface area (Å²) in [7, 11) is 0. The van der Waals surface area contributed by atoms with E-state index in [0.29, 0.717) is 6.07 Å². The average Bonchev–Trinajstić information content (AvgIpc) is 2.16. The Kier molecular flexibility index (Phi) is 3.63. The number of aromatic carboxylic acids is 1. The minimum Gasteiger partial charge on any atom is -1.00 e. The Morgan fingerprint density at radius 2 is 2.00 bits per heavy atom. The maximum absolute atomic E-state index is 13.2. The van der Waals surface area contributed by atoms with Gasteiger partial charge in [-0.25, -0.2) is 13.6 Å². The molecule has 0 amide bonds. The number of benzene rings is 1. The van der Waals surface area contributed by atoms with Crippen molar-refractivity contribution in [2.24, 2.45) is 0 Å². The summed E-state index contributed by atoms with van der Waals surface area (Å²) in [5.41, 5.74) is -0.0366. The second-order valence-electron chi connectivity index (χ2n) is 2.98. The Morgan fingerprint density at radius 1 is 1.31 bits per heavy atom. The maximum Gasteiger partial charge on any atom is 1.00 e. The van der Waals surface area contributed by atoms with E-state index in [1.807, 2.05) is 0 Å². The molecule has 1 heterocycles. The number of halogens is 2. The summed E-state index contributed by atoms with van der Waals surface area (Å²) in [6, 6.07) is 2.86. The van der Waals surface area contributed by atoms with Crippen LogP contribution in [0.15, 0.2) is 24.4 Å². The van der Waals surface area contributed by atoms with Gasteiger partial charge in [0.2, 0.25) is 0 Å². The number of fused-ring (bicyclic) bond motifs is 1. The SMILES string of the molecule is O=C(O)c1cnc2cc(F)cc(F)c2c1.[H-].[Li+]. The van der Waals surface area contributed by atoms with Gasteiger partial charge in [0.25, 0.3) is 0 Å². The van der Waals surface area contributed by atoms with Gasteiger partial charge in [0.15, 0.2) is 0 Å². The second-order valence-corrected chi connectivity index (χ2v) is 2.98. The third-order valence-electron chi connectivity index (χ3n) is 1.96. The number of carbonyl (C=O) groups is 1. The van der Waals surface area contributed by atoms with E-state index in [-0.39, 0.29) is 36.8 Å². The summed E-state index contributed by atoms with van der Waals surface area (Å²) >= 11 is 0. The first-order chi connectivity index (χ1) is 7.08. The zero-order valence-corrected chi connectivity index (χ0v) is 8.37. The fourth-order valence-electron chi connectivity index (χ4n) is 1.27. The fraction of sp³-hybridized carbons (Fsp3) is 0. The zero-order valence-electron chi connectivity index (χ0n) is 9.37. The predicted octanol–water partition coefficient (Wildman–Crippen LogP) is -0.672. The number of hydrogen-bond acceptors (Lipinski definition) is 2. The van der Waals surface area contributed by atoms with E-state index < -0.39 is 17.6 Å². The van der Waals surface area contributed by atoms with Gasteiger partial charge in [0.05, 0.1) is 11.1 Å². The first-order valence-corrected chi connectivity index (χ1v) is 4.06. The largest absolute Gasteiger partial charge is 1.00 e. The van der Waals surface area contributed by atoms with Crippen molar-refractivity contribution < 1.29 is 39.0 Å². The number of pyridine rings is 1. The van der Waals surface area contributed by atoms with Crippen molar-refractivity contribution in [2.45, 2.75) is 0 Å². The number of carboxylic acids is 1. The molecule has 0 fully saturated rings. The van der Waals surface area contributed by atoms with Gasteiger partial charge in [-0.2, -0.15) is 0 Å². The summed E-state index contributed by atoms with van der Waals surface area (Å²) in [6.45, 7) is 0. The molecule has 0 saturated heterocycles. The van der Waals surface area contributed by atoms with E-state index in [2.05, 4.69) is 4.98 Å². The molecule has 3 nitrogen and oxygen atoms in total. The summed E-state index contributed by atoms with van der Waals surface area (Å²) in [4.78, 5) is 14.2. The number of aromatic nitrogens is 1. The van der Waals surface area contributed by atoms with Crippen molar-refractivity contribution in [3.8, 4) is 0 Å². The molecule has 0 aliphatic carbocycles. The van der Waals surface area contributed by atoms with Crippen LogP contribution in [-0.4, -0.2) is 16.1 Å². The minimum atomic E-state index is -1.20. The van der Waals surface area contributed by atoms with Gasteiger partial charge in [-0.1, -0.05) is 0 Å². The van der Waals surface area contributed by atoms with E-state index in [9.17, 15) is 13.6 Å². The van der Waals surface area contributed by atoms with Crippen LogP contribution in [0.25, 0.3) is 10.9 Å². The van der Waals surface area contributed by atoms with Crippen LogP contribution in [0.4, 0.5) is 8.78 Å². The zero-order chi connectivity index (χ0) is 11.0. The van der Waals surface area contributed by atoms with E-state index in [1.165, 1.54) is 0 Å². The molecule has 2 aromatic rings. The molecule has 0 bridgehead atoms. The summed E-state index contributed by atoms with van der Waals surface area (Å²) in [6.07, 6.45) is 1.06. The Bertz CT molecular complexity index is 565. The molecule has 0 unspecified atom stereocenters. The van der Waals surface area contributed by atoms with Crippen LogP contribution in [0.1, 0.15) is 11.8 Å². The van der Waals surface area contributed by atoms with Crippen molar-refractivity contribution in [3.05, 3.63) is 41.6 Å². The van der Waals surface area contributed by atoms with E-state index in [4.69, 9.17) is 5.11 Å². The Balaban J connectivity index is 0.00000128. The Morgan fingerprint density at radius 3 is 2.62 bits per heavy atom. The van der Waals surface area contributed by atoms with Gasteiger partial charge < -0.3 is 6.53 Å². The standard InChI is InChI=1S/C10H5F2NO2.Li.H/c11-6-2-8(12)7-1-5(10(14)15)4-13-9(7)3-6;;/h1-4H,(H,14,15);;/q;+1;-1. The molecule has 2 rings (SSSR count). The van der Waals surface area contributed by atoms with Gasteiger partial charge in [0.1, 0.15) is 11.6 Å². The first-order valence-electron chi connectivity index (χ1n) is 4.06. The van der Waals surface area contributed by atoms with Crippen LogP contribution in [0, 0.1) is 11.6 Å². The molecule has 6 heteroatoms. The molecule has 1 aromatic heterocycles. The van der Waals surface area contributed by atoms with Crippen LogP contribution in [0.3, 0.4) is 0 Å². The van der Waals surface area contributed by atoms with Crippen LogP contribution < -0.4 is 18.9 Å². The van der Waals surface area contributed by atoms with Gasteiger partial charge >= 0.3 is 24.8 Å². The second kappa shape index (κ2) is 4.60. The van der Waals surface area contributed by atoms with E-state index >= 15 is 0 Å². The quantitative estimate of drug-likeness (QED) is 0.644. The van der Waals surface area contributed by atoms with Crippen LogP contribution in [0.2, 0.25) is 0 Å². The molecule has 0 saturated carbocycles. The number of rotatable bonds is 1. The molecule has 16 heavy (non-hydrogen) atoms. The van der Waals surface area contributed by atoms with Crippen LogP contribution in [0.5, 0.6) is 0 Å². The number of carboxylic acid groups (broad SMARTS) is 1. The maximum atomic E-state index is 13.2. The van der Waals surface area contributed by atoms with Gasteiger partial charge in [-0.05, 0) is 6.07 Å². The van der Waals surface area contributed by atoms with Crippen molar-refractivity contribution in [1.29, 1.82) is 0 Å². The normalized spacial score (nSPS) is 9.88. The molecule has 0 aliphatic rings. The third kappa shape index (κ3) is 2.21. The topological polar surface area (TPSA) is 50.2 Å².